The van der Waals surface area contributed by atoms with Crippen molar-refractivity contribution < 1.29 is 13.9 Å². The summed E-state index contributed by atoms with van der Waals surface area (Å²) in [7, 11) is 3.68. The predicted octanol–water partition coefficient (Wildman–Crippen LogP) is 3.43. The lowest BCUT2D eigenvalue weighted by molar-refractivity contribution is 0.178. The molecule has 3 aliphatic rings. The lowest BCUT2D eigenvalue weighted by Crippen LogP contribution is -2.45. The molecule has 0 saturated carbocycles. The van der Waals surface area contributed by atoms with Crippen LogP contribution in [-0.2, 0) is 0 Å². The summed E-state index contributed by atoms with van der Waals surface area (Å²) in [6.07, 6.45) is 3.02. The minimum atomic E-state index is -0.364. The first-order valence-corrected chi connectivity index (χ1v) is 12.5. The summed E-state index contributed by atoms with van der Waals surface area (Å²) in [5.41, 5.74) is 3.47. The molecule has 3 aliphatic heterocycles. The van der Waals surface area contributed by atoms with Gasteiger partial charge in [0, 0.05) is 73.6 Å². The van der Waals surface area contributed by atoms with Crippen LogP contribution < -0.4 is 19.7 Å². The zero-order chi connectivity index (χ0) is 23.9. The molecule has 0 bridgehead atoms. The SMILES string of the molecule is COc1cc2nc(-c3ccc(OCC4CNC4)nc3)cc(N3CC4CCN(C)CC4C3)c2cc1F. The number of halogens is 1. The molecule has 5 heterocycles. The second-order valence-corrected chi connectivity index (χ2v) is 10.2. The molecule has 1 N–H and O–H groups in total. The normalized spacial score (nSPS) is 22.8. The van der Waals surface area contributed by atoms with Crippen molar-refractivity contribution in [2.75, 3.05) is 64.9 Å². The van der Waals surface area contributed by atoms with Gasteiger partial charge in [-0.2, -0.15) is 0 Å². The summed E-state index contributed by atoms with van der Waals surface area (Å²) in [6.45, 7) is 6.90. The van der Waals surface area contributed by atoms with E-state index in [2.05, 4.69) is 33.2 Å². The van der Waals surface area contributed by atoms with Crippen LogP contribution in [-0.4, -0.2) is 74.9 Å². The van der Waals surface area contributed by atoms with Gasteiger partial charge in [-0.05, 0) is 50.0 Å². The van der Waals surface area contributed by atoms with Crippen LogP contribution in [0.2, 0.25) is 0 Å². The number of rotatable bonds is 6. The quantitative estimate of drug-likeness (QED) is 0.584. The van der Waals surface area contributed by atoms with Gasteiger partial charge < -0.3 is 24.6 Å². The number of ether oxygens (including phenoxy) is 2. The number of hydrogen-bond acceptors (Lipinski definition) is 7. The van der Waals surface area contributed by atoms with Gasteiger partial charge in [-0.15, -0.1) is 0 Å². The molecule has 2 aromatic heterocycles. The molecular formula is C27H32FN5O2. The second kappa shape index (κ2) is 9.24. The molecule has 8 heteroatoms. The first-order valence-electron chi connectivity index (χ1n) is 12.5. The van der Waals surface area contributed by atoms with Crippen LogP contribution in [0.1, 0.15) is 6.42 Å². The Kier molecular flexibility index (Phi) is 5.94. The van der Waals surface area contributed by atoms with Crippen molar-refractivity contribution in [1.82, 2.24) is 20.2 Å². The number of pyridine rings is 2. The van der Waals surface area contributed by atoms with Crippen molar-refractivity contribution >= 4 is 16.6 Å². The molecule has 0 aliphatic carbocycles. The van der Waals surface area contributed by atoms with E-state index in [0.29, 0.717) is 30.2 Å². The lowest BCUT2D eigenvalue weighted by Gasteiger charge is -2.31. The Morgan fingerprint density at radius 3 is 2.71 bits per heavy atom. The number of nitrogens with zero attached hydrogens (tertiary/aromatic N) is 4. The van der Waals surface area contributed by atoms with Crippen LogP contribution in [0.3, 0.4) is 0 Å². The first kappa shape index (κ1) is 22.5. The third-order valence-corrected chi connectivity index (χ3v) is 7.77. The lowest BCUT2D eigenvalue weighted by atomic mass is 9.89. The number of hydrogen-bond donors (Lipinski definition) is 1. The number of aromatic nitrogens is 2. The molecule has 35 heavy (non-hydrogen) atoms. The maximum atomic E-state index is 14.8. The highest BCUT2D eigenvalue weighted by Crippen LogP contribution is 2.39. The zero-order valence-electron chi connectivity index (χ0n) is 20.3. The third-order valence-electron chi connectivity index (χ3n) is 7.77. The standard InChI is InChI=1S/C27H32FN5O2/c1-32-6-5-19-14-33(15-20(19)13-32)25-8-23(31-24-9-26(34-2)22(28)7-21(24)25)18-3-4-27(30-12-18)35-16-17-10-29-11-17/h3-4,7-9,12,17,19-20,29H,5-6,10-11,13-16H2,1-2H3. The molecular weight excluding hydrogens is 445 g/mol. The van der Waals surface area contributed by atoms with E-state index in [-0.39, 0.29) is 11.6 Å². The molecule has 3 aromatic rings. The van der Waals surface area contributed by atoms with Crippen LogP contribution in [0.4, 0.5) is 10.1 Å². The van der Waals surface area contributed by atoms with Crippen molar-refractivity contribution in [3.8, 4) is 22.9 Å². The number of anilines is 1. The summed E-state index contributed by atoms with van der Waals surface area (Å²) >= 11 is 0. The van der Waals surface area contributed by atoms with Crippen LogP contribution >= 0.6 is 0 Å². The molecule has 7 nitrogen and oxygen atoms in total. The Hall–Kier alpha value is -2.97. The van der Waals surface area contributed by atoms with E-state index in [0.717, 1.165) is 67.1 Å². The Labute approximate surface area is 205 Å². The fourth-order valence-corrected chi connectivity index (χ4v) is 5.61. The Balaban J connectivity index is 1.35. The van der Waals surface area contributed by atoms with Gasteiger partial charge in [0.05, 0.1) is 24.9 Å². The van der Waals surface area contributed by atoms with Crippen LogP contribution in [0.25, 0.3) is 22.2 Å². The van der Waals surface area contributed by atoms with Crippen LogP contribution in [0.15, 0.2) is 36.5 Å². The minimum absolute atomic E-state index is 0.206. The van der Waals surface area contributed by atoms with Crippen molar-refractivity contribution in [3.63, 3.8) is 0 Å². The van der Waals surface area contributed by atoms with Crippen molar-refractivity contribution in [1.29, 1.82) is 0 Å². The monoisotopic (exact) mass is 477 g/mol. The van der Waals surface area contributed by atoms with E-state index < -0.39 is 0 Å². The number of fused-ring (bicyclic) bond motifs is 2. The summed E-state index contributed by atoms with van der Waals surface area (Å²) in [4.78, 5) is 14.2. The summed E-state index contributed by atoms with van der Waals surface area (Å²) in [5.74, 6) is 2.32. The Morgan fingerprint density at radius 2 is 1.97 bits per heavy atom. The average Bonchev–Trinajstić information content (AvgIpc) is 3.25. The fourth-order valence-electron chi connectivity index (χ4n) is 5.61. The van der Waals surface area contributed by atoms with E-state index >= 15 is 0 Å². The molecule has 2 unspecified atom stereocenters. The molecule has 184 valence electrons. The van der Waals surface area contributed by atoms with E-state index in [1.807, 2.05) is 18.3 Å². The third kappa shape index (κ3) is 4.41. The van der Waals surface area contributed by atoms with Gasteiger partial charge in [-0.3, -0.25) is 0 Å². The zero-order valence-corrected chi connectivity index (χ0v) is 20.3. The van der Waals surface area contributed by atoms with Crippen LogP contribution in [0, 0.1) is 23.6 Å². The van der Waals surface area contributed by atoms with E-state index in [1.54, 1.807) is 12.1 Å². The number of piperidine rings is 1. The summed E-state index contributed by atoms with van der Waals surface area (Å²) in [5, 5.41) is 4.07. The topological polar surface area (TPSA) is 62.8 Å². The van der Waals surface area contributed by atoms with Gasteiger partial charge in [-0.1, -0.05) is 0 Å². The number of likely N-dealkylation sites (tertiary alicyclic amines) is 1. The molecule has 0 spiro atoms. The number of benzene rings is 1. The number of methoxy groups -OCH3 is 1. The first-order chi connectivity index (χ1) is 17.1. The molecule has 2 atom stereocenters. The largest absolute Gasteiger partial charge is 0.494 e. The van der Waals surface area contributed by atoms with Gasteiger partial charge in [0.15, 0.2) is 11.6 Å². The predicted molar refractivity (Wildman–Crippen MR) is 135 cm³/mol. The Bertz CT molecular complexity index is 1220. The van der Waals surface area contributed by atoms with Gasteiger partial charge in [0.2, 0.25) is 5.88 Å². The Morgan fingerprint density at radius 1 is 1.11 bits per heavy atom. The smallest absolute Gasteiger partial charge is 0.213 e. The molecule has 0 amide bonds. The van der Waals surface area contributed by atoms with Crippen molar-refractivity contribution in [2.45, 2.75) is 6.42 Å². The highest BCUT2D eigenvalue weighted by atomic mass is 19.1. The molecule has 0 radical (unpaired) electrons. The maximum Gasteiger partial charge on any atom is 0.213 e. The van der Waals surface area contributed by atoms with Gasteiger partial charge in [0.1, 0.15) is 0 Å². The highest BCUT2D eigenvalue weighted by Gasteiger charge is 2.37. The molecule has 6 rings (SSSR count). The average molecular weight is 478 g/mol. The van der Waals surface area contributed by atoms with Crippen molar-refractivity contribution in [3.05, 3.63) is 42.3 Å². The fraction of sp³-hybridized carbons (Fsp3) is 0.481. The number of nitrogens with one attached hydrogen (secondary N) is 1. The van der Waals surface area contributed by atoms with Crippen molar-refractivity contribution in [2.24, 2.45) is 17.8 Å². The summed E-state index contributed by atoms with van der Waals surface area (Å²) in [6, 6.07) is 9.26. The maximum absolute atomic E-state index is 14.8. The van der Waals surface area contributed by atoms with E-state index in [4.69, 9.17) is 14.5 Å². The molecule has 3 saturated heterocycles. The van der Waals surface area contributed by atoms with Gasteiger partial charge >= 0.3 is 0 Å². The minimum Gasteiger partial charge on any atom is -0.494 e. The van der Waals surface area contributed by atoms with Gasteiger partial charge in [-0.25, -0.2) is 14.4 Å². The molecule has 1 aromatic carbocycles. The van der Waals surface area contributed by atoms with Gasteiger partial charge in [0.25, 0.3) is 0 Å². The van der Waals surface area contributed by atoms with E-state index in [1.165, 1.54) is 13.5 Å². The second-order valence-electron chi connectivity index (χ2n) is 10.2. The molecule has 3 fully saturated rings. The highest BCUT2D eigenvalue weighted by molar-refractivity contribution is 5.95. The van der Waals surface area contributed by atoms with E-state index in [9.17, 15) is 4.39 Å². The summed E-state index contributed by atoms with van der Waals surface area (Å²) < 4.78 is 25.9. The van der Waals surface area contributed by atoms with Crippen LogP contribution in [0.5, 0.6) is 11.6 Å².